The van der Waals surface area contributed by atoms with E-state index in [1.165, 1.54) is 27.8 Å². The maximum Gasteiger partial charge on any atom is 0.409 e. The molecule has 4 rings (SSSR count). The van der Waals surface area contributed by atoms with Crippen LogP contribution in [0.5, 0.6) is 0 Å². The molecule has 2 aliphatic rings. The summed E-state index contributed by atoms with van der Waals surface area (Å²) in [5, 5.41) is 0.772. The van der Waals surface area contributed by atoms with Crippen molar-refractivity contribution in [2.75, 3.05) is 19.7 Å². The molecule has 0 bridgehead atoms. The minimum Gasteiger partial charge on any atom is -0.450 e. The van der Waals surface area contributed by atoms with Crippen LogP contribution in [0.15, 0.2) is 42.1 Å². The van der Waals surface area contributed by atoms with Gasteiger partial charge in [-0.05, 0) is 67.5 Å². The number of ether oxygens (including phenoxy) is 1. The van der Waals surface area contributed by atoms with E-state index >= 15 is 0 Å². The van der Waals surface area contributed by atoms with Crippen molar-refractivity contribution in [3.8, 4) is 0 Å². The molecule has 1 fully saturated rings. The number of rotatable bonds is 1. The molecule has 1 aromatic heterocycles. The first-order chi connectivity index (χ1) is 13.2. The molecule has 1 aliphatic heterocycles. The fourth-order valence-corrected chi connectivity index (χ4v) is 4.25. The second-order valence-electron chi connectivity index (χ2n) is 6.98. The molecule has 0 saturated carbocycles. The van der Waals surface area contributed by atoms with E-state index in [2.05, 4.69) is 18.2 Å². The molecule has 4 nitrogen and oxygen atoms in total. The Labute approximate surface area is 181 Å². The van der Waals surface area contributed by atoms with Crippen molar-refractivity contribution in [1.29, 1.82) is 0 Å². The van der Waals surface area contributed by atoms with Crippen LogP contribution in [0.25, 0.3) is 5.57 Å². The smallest absolute Gasteiger partial charge is 0.409 e. The summed E-state index contributed by atoms with van der Waals surface area (Å²) >= 11 is 6.27. The zero-order valence-corrected chi connectivity index (χ0v) is 18.4. The summed E-state index contributed by atoms with van der Waals surface area (Å²) in [5.74, 6) is 0. The standard InChI is InChI=1S/C22H23ClN2O2.Se/c1-2-27-22(26)25-12-9-15(10-13-25)20-19-8-7-18(23)14-17(19)6-5-16-4-3-11-24-21(16)20;/h3-4,7-8,11,14H,2,5-6,9-10,12-13H2,1H3;. The molecule has 1 saturated heterocycles. The number of carbonyl (C=O) groups excluding carboxylic acids is 1. The number of hydrogen-bond donors (Lipinski definition) is 0. The summed E-state index contributed by atoms with van der Waals surface area (Å²) < 4.78 is 5.15. The fraction of sp³-hybridized carbons (Fsp3) is 0.364. The van der Waals surface area contributed by atoms with Crippen LogP contribution >= 0.6 is 11.6 Å². The first-order valence-corrected chi connectivity index (χ1v) is 9.92. The van der Waals surface area contributed by atoms with Crippen molar-refractivity contribution < 1.29 is 9.53 Å². The van der Waals surface area contributed by atoms with Gasteiger partial charge in [0.15, 0.2) is 0 Å². The van der Waals surface area contributed by atoms with Gasteiger partial charge in [-0.3, -0.25) is 4.98 Å². The third kappa shape index (κ3) is 4.12. The van der Waals surface area contributed by atoms with Crippen LogP contribution in [0, 0.1) is 0 Å². The summed E-state index contributed by atoms with van der Waals surface area (Å²) in [4.78, 5) is 18.6. The van der Waals surface area contributed by atoms with Gasteiger partial charge in [-0.15, -0.1) is 0 Å². The number of benzene rings is 1. The molecular weight excluding hydrogens is 439 g/mol. The van der Waals surface area contributed by atoms with Crippen LogP contribution in [-0.2, 0) is 17.6 Å². The van der Waals surface area contributed by atoms with Gasteiger partial charge < -0.3 is 9.64 Å². The van der Waals surface area contributed by atoms with E-state index in [0.717, 1.165) is 36.4 Å². The Morgan fingerprint density at radius 3 is 2.64 bits per heavy atom. The van der Waals surface area contributed by atoms with Crippen molar-refractivity contribution in [2.24, 2.45) is 0 Å². The van der Waals surface area contributed by atoms with E-state index in [9.17, 15) is 4.79 Å². The Morgan fingerprint density at radius 1 is 1.14 bits per heavy atom. The van der Waals surface area contributed by atoms with Crippen LogP contribution in [0.1, 0.15) is 42.1 Å². The van der Waals surface area contributed by atoms with E-state index in [4.69, 9.17) is 21.3 Å². The van der Waals surface area contributed by atoms with Crippen molar-refractivity contribution in [3.63, 3.8) is 0 Å². The molecule has 1 aromatic carbocycles. The van der Waals surface area contributed by atoms with Crippen LogP contribution in [0.2, 0.25) is 5.02 Å². The second-order valence-corrected chi connectivity index (χ2v) is 7.41. The number of carbonyl (C=O) groups is 1. The number of likely N-dealkylation sites (tertiary alicyclic amines) is 1. The monoisotopic (exact) mass is 462 g/mol. The molecule has 2 aromatic rings. The van der Waals surface area contributed by atoms with Crippen molar-refractivity contribution in [3.05, 3.63) is 69.5 Å². The van der Waals surface area contributed by atoms with Gasteiger partial charge >= 0.3 is 6.09 Å². The fourth-order valence-electron chi connectivity index (χ4n) is 4.06. The molecule has 28 heavy (non-hydrogen) atoms. The average Bonchev–Trinajstić information content (AvgIpc) is 2.85. The van der Waals surface area contributed by atoms with Gasteiger partial charge in [0.05, 0.1) is 12.3 Å². The Bertz CT molecular complexity index is 903. The Kier molecular flexibility index (Phi) is 6.82. The maximum absolute atomic E-state index is 12.0. The van der Waals surface area contributed by atoms with E-state index < -0.39 is 0 Å². The van der Waals surface area contributed by atoms with Crippen molar-refractivity contribution in [1.82, 2.24) is 9.88 Å². The number of nitrogens with zero attached hydrogens (tertiary/aromatic N) is 2. The predicted molar refractivity (Wildman–Crippen MR) is 113 cm³/mol. The van der Waals surface area contributed by atoms with Gasteiger partial charge in [-0.1, -0.05) is 29.3 Å². The van der Waals surface area contributed by atoms with Crippen LogP contribution in [0.3, 0.4) is 0 Å². The number of pyridine rings is 1. The van der Waals surface area contributed by atoms with Gasteiger partial charge in [0.25, 0.3) is 0 Å². The number of hydrogen-bond acceptors (Lipinski definition) is 3. The van der Waals surface area contributed by atoms with Gasteiger partial charge in [-0.25, -0.2) is 4.79 Å². The van der Waals surface area contributed by atoms with Gasteiger partial charge in [0.2, 0.25) is 0 Å². The van der Waals surface area contributed by atoms with Crippen LogP contribution in [0.4, 0.5) is 4.79 Å². The summed E-state index contributed by atoms with van der Waals surface area (Å²) in [7, 11) is 0. The number of piperidine rings is 1. The minimum absolute atomic E-state index is 0. The molecule has 2 radical (unpaired) electrons. The number of fused-ring (bicyclic) bond motifs is 2. The van der Waals surface area contributed by atoms with Crippen LogP contribution < -0.4 is 0 Å². The molecule has 0 atom stereocenters. The van der Waals surface area contributed by atoms with E-state index in [1.54, 1.807) is 4.90 Å². The summed E-state index contributed by atoms with van der Waals surface area (Å²) in [5.41, 5.74) is 7.46. The van der Waals surface area contributed by atoms with E-state index in [1.807, 2.05) is 25.3 Å². The third-order valence-electron chi connectivity index (χ3n) is 5.37. The van der Waals surface area contributed by atoms with Crippen molar-refractivity contribution >= 4 is 40.3 Å². The molecule has 0 spiro atoms. The molecule has 1 amide bonds. The molecule has 1 aliphatic carbocycles. The quantitative estimate of drug-likeness (QED) is 0.587. The molecular formula is C22H23ClN2O2Se. The van der Waals surface area contributed by atoms with Gasteiger partial charge in [-0.2, -0.15) is 0 Å². The Morgan fingerprint density at radius 2 is 1.89 bits per heavy atom. The summed E-state index contributed by atoms with van der Waals surface area (Å²) in [6, 6.07) is 10.3. The zero-order valence-electron chi connectivity index (χ0n) is 15.9. The topological polar surface area (TPSA) is 42.4 Å². The Hall–Kier alpha value is -1.81. The average molecular weight is 462 g/mol. The van der Waals surface area contributed by atoms with Crippen molar-refractivity contribution in [2.45, 2.75) is 32.6 Å². The van der Waals surface area contributed by atoms with E-state index in [0.29, 0.717) is 19.7 Å². The van der Waals surface area contributed by atoms with Crippen LogP contribution in [-0.4, -0.2) is 52.7 Å². The number of halogens is 1. The van der Waals surface area contributed by atoms with Gasteiger partial charge in [0.1, 0.15) is 0 Å². The molecule has 0 N–H and O–H groups in total. The first-order valence-electron chi connectivity index (χ1n) is 9.54. The summed E-state index contributed by atoms with van der Waals surface area (Å²) in [6.07, 6.45) is 5.25. The number of aromatic nitrogens is 1. The molecule has 2 heterocycles. The minimum atomic E-state index is -0.215. The normalized spacial score (nSPS) is 15.9. The molecule has 146 valence electrons. The largest absolute Gasteiger partial charge is 0.450 e. The summed E-state index contributed by atoms with van der Waals surface area (Å²) in [6.45, 7) is 3.62. The molecule has 0 unspecified atom stereocenters. The Balaban J connectivity index is 0.00000225. The third-order valence-corrected chi connectivity index (χ3v) is 5.61. The first kappa shape index (κ1) is 20.9. The number of aryl methyl sites for hydroxylation is 2. The second kappa shape index (κ2) is 9.13. The molecule has 6 heteroatoms. The SMILES string of the molecule is CCOC(=O)N1CCC(=C2c3ccc(Cl)cc3CCc3cccnc32)CC1.[Se]. The van der Waals surface area contributed by atoms with Gasteiger partial charge in [0, 0.05) is 47.0 Å². The maximum atomic E-state index is 12.0. The van der Waals surface area contributed by atoms with E-state index in [-0.39, 0.29) is 23.2 Å². The number of amides is 1. The zero-order chi connectivity index (χ0) is 18.8. The predicted octanol–water partition coefficient (Wildman–Crippen LogP) is 4.51.